The molecule has 0 spiro atoms. The molecule has 0 N–H and O–H groups in total. The Morgan fingerprint density at radius 2 is 2.00 bits per heavy atom. The molecule has 0 saturated carbocycles. The first-order valence-electron chi connectivity index (χ1n) is 5.46. The molecule has 1 aromatic rings. The highest BCUT2D eigenvalue weighted by atomic mass is 32.2. The van der Waals surface area contributed by atoms with Crippen LogP contribution in [0.5, 0.6) is 0 Å². The van der Waals surface area contributed by atoms with Crippen molar-refractivity contribution in [1.29, 1.82) is 0 Å². The van der Waals surface area contributed by atoms with E-state index >= 15 is 0 Å². The van der Waals surface area contributed by atoms with Crippen LogP contribution in [-0.4, -0.2) is 39.5 Å². The second-order valence-electron chi connectivity index (χ2n) is 4.02. The highest BCUT2D eigenvalue weighted by molar-refractivity contribution is 7.90. The summed E-state index contributed by atoms with van der Waals surface area (Å²) in [6.45, 7) is 1.12. The van der Waals surface area contributed by atoms with Crippen molar-refractivity contribution in [2.75, 3.05) is 19.4 Å². The van der Waals surface area contributed by atoms with Gasteiger partial charge in [-0.2, -0.15) is 0 Å². The molecule has 0 aromatic heterocycles. The van der Waals surface area contributed by atoms with Gasteiger partial charge in [0, 0.05) is 11.8 Å². The average molecular weight is 267 g/mol. The Labute approximate surface area is 105 Å². The summed E-state index contributed by atoms with van der Waals surface area (Å²) in [4.78, 5) is 16.1. The lowest BCUT2D eigenvalue weighted by Gasteiger charge is -2.03. The van der Waals surface area contributed by atoms with E-state index in [4.69, 9.17) is 4.74 Å². The topological polar surface area (TPSA) is 72.8 Å². The van der Waals surface area contributed by atoms with Gasteiger partial charge in [0.25, 0.3) is 0 Å². The van der Waals surface area contributed by atoms with E-state index in [2.05, 4.69) is 4.99 Å². The number of sulfone groups is 1. The molecule has 1 aliphatic heterocycles. The van der Waals surface area contributed by atoms with Gasteiger partial charge < -0.3 is 4.74 Å². The molecule has 0 atom stereocenters. The van der Waals surface area contributed by atoms with E-state index in [1.165, 1.54) is 24.3 Å². The summed E-state index contributed by atoms with van der Waals surface area (Å²) in [5.41, 5.74) is 0.459. The molecule has 1 aliphatic rings. The van der Waals surface area contributed by atoms with Crippen LogP contribution in [0.15, 0.2) is 34.2 Å². The Bertz CT molecular complexity index is 587. The van der Waals surface area contributed by atoms with Crippen LogP contribution in [0, 0.1) is 0 Å². The van der Waals surface area contributed by atoms with Crippen LogP contribution < -0.4 is 0 Å². The highest BCUT2D eigenvalue weighted by Crippen LogP contribution is 2.12. The maximum atomic E-state index is 11.9. The van der Waals surface area contributed by atoms with E-state index in [0.717, 1.165) is 6.26 Å². The molecule has 0 radical (unpaired) electrons. The van der Waals surface area contributed by atoms with Gasteiger partial charge in [0.2, 0.25) is 0 Å². The summed E-state index contributed by atoms with van der Waals surface area (Å²) in [5.74, 6) is 0.322. The monoisotopic (exact) mass is 267 g/mol. The third-order valence-corrected chi connectivity index (χ3v) is 3.69. The van der Waals surface area contributed by atoms with Gasteiger partial charge in [-0.25, -0.2) is 8.42 Å². The maximum absolute atomic E-state index is 11.9. The van der Waals surface area contributed by atoms with E-state index in [-0.39, 0.29) is 17.1 Å². The van der Waals surface area contributed by atoms with Crippen molar-refractivity contribution in [3.63, 3.8) is 0 Å². The standard InChI is InChI=1S/C12H13NO4S/c1-18(15,16)10-4-2-9(3-5-10)11(14)8-12-13-6-7-17-12/h2-5H,6-8H2,1H3. The molecule has 0 amide bonds. The van der Waals surface area contributed by atoms with Crippen molar-refractivity contribution >= 4 is 21.5 Å². The molecule has 6 heteroatoms. The van der Waals surface area contributed by atoms with Gasteiger partial charge in [-0.15, -0.1) is 0 Å². The maximum Gasteiger partial charge on any atom is 0.191 e. The van der Waals surface area contributed by atoms with Gasteiger partial charge >= 0.3 is 0 Å². The Balaban J connectivity index is 2.12. The molecule has 18 heavy (non-hydrogen) atoms. The first kappa shape index (κ1) is 12.8. The lowest BCUT2D eigenvalue weighted by atomic mass is 10.1. The lowest BCUT2D eigenvalue weighted by Crippen LogP contribution is -2.09. The number of hydrogen-bond donors (Lipinski definition) is 0. The second-order valence-corrected chi connectivity index (χ2v) is 6.04. The van der Waals surface area contributed by atoms with Crippen LogP contribution in [0.25, 0.3) is 0 Å². The molecular formula is C12H13NO4S. The zero-order valence-corrected chi connectivity index (χ0v) is 10.7. The van der Waals surface area contributed by atoms with Crippen molar-refractivity contribution in [1.82, 2.24) is 0 Å². The zero-order chi connectivity index (χ0) is 13.2. The van der Waals surface area contributed by atoms with E-state index < -0.39 is 9.84 Å². The molecule has 1 heterocycles. The van der Waals surface area contributed by atoms with E-state index in [9.17, 15) is 13.2 Å². The van der Waals surface area contributed by atoms with Crippen LogP contribution >= 0.6 is 0 Å². The van der Waals surface area contributed by atoms with Crippen LogP contribution in [-0.2, 0) is 14.6 Å². The second kappa shape index (κ2) is 4.89. The minimum atomic E-state index is -3.23. The van der Waals surface area contributed by atoms with Gasteiger partial charge in [0.1, 0.15) is 6.61 Å². The van der Waals surface area contributed by atoms with Gasteiger partial charge in [0.15, 0.2) is 21.5 Å². The molecule has 1 aromatic carbocycles. The molecule has 0 unspecified atom stereocenters. The fourth-order valence-electron chi connectivity index (χ4n) is 1.61. The van der Waals surface area contributed by atoms with Crippen LogP contribution in [0.3, 0.4) is 0 Å². The number of Topliss-reactive ketones (excluding diaryl/α,β-unsaturated/α-hetero) is 1. The van der Waals surface area contributed by atoms with E-state index in [1.807, 2.05) is 0 Å². The smallest absolute Gasteiger partial charge is 0.191 e. The first-order valence-corrected chi connectivity index (χ1v) is 7.35. The molecule has 2 rings (SSSR count). The van der Waals surface area contributed by atoms with Crippen molar-refractivity contribution in [3.8, 4) is 0 Å². The minimum absolute atomic E-state index is 0.123. The summed E-state index contributed by atoms with van der Waals surface area (Å²) in [6.07, 6.45) is 1.25. The minimum Gasteiger partial charge on any atom is -0.479 e. The third-order valence-electron chi connectivity index (χ3n) is 2.56. The van der Waals surface area contributed by atoms with Gasteiger partial charge in [-0.1, -0.05) is 12.1 Å². The number of hydrogen-bond acceptors (Lipinski definition) is 5. The lowest BCUT2D eigenvalue weighted by molar-refractivity contribution is 0.0994. The molecule has 96 valence electrons. The number of nitrogens with zero attached hydrogens (tertiary/aromatic N) is 1. The number of carbonyl (C=O) groups is 1. The van der Waals surface area contributed by atoms with Crippen LogP contribution in [0.2, 0.25) is 0 Å². The number of carbonyl (C=O) groups excluding carboxylic acids is 1. The number of benzene rings is 1. The van der Waals surface area contributed by atoms with Gasteiger partial charge in [-0.3, -0.25) is 9.79 Å². The number of ketones is 1. The fourth-order valence-corrected chi connectivity index (χ4v) is 2.24. The van der Waals surface area contributed by atoms with E-state index in [0.29, 0.717) is 24.6 Å². The molecule has 0 bridgehead atoms. The van der Waals surface area contributed by atoms with Crippen molar-refractivity contribution < 1.29 is 17.9 Å². The quantitative estimate of drug-likeness (QED) is 0.765. The number of aliphatic imine (C=N–C) groups is 1. The predicted octanol–water partition coefficient (Wildman–Crippen LogP) is 1.09. The summed E-state index contributed by atoms with van der Waals surface area (Å²) in [5, 5.41) is 0. The largest absolute Gasteiger partial charge is 0.479 e. The zero-order valence-electron chi connectivity index (χ0n) is 9.92. The average Bonchev–Trinajstić information content (AvgIpc) is 2.81. The molecular weight excluding hydrogens is 254 g/mol. The molecule has 0 fully saturated rings. The summed E-state index contributed by atoms with van der Waals surface area (Å²) in [6, 6.07) is 5.88. The van der Waals surface area contributed by atoms with Gasteiger partial charge in [-0.05, 0) is 12.1 Å². The Hall–Kier alpha value is -1.69. The first-order chi connectivity index (χ1) is 8.47. The van der Waals surface area contributed by atoms with Crippen molar-refractivity contribution in [2.24, 2.45) is 4.99 Å². The highest BCUT2D eigenvalue weighted by Gasteiger charge is 2.15. The van der Waals surface area contributed by atoms with Gasteiger partial charge in [0.05, 0.1) is 17.9 Å². The third kappa shape index (κ3) is 2.95. The Morgan fingerprint density at radius 3 is 2.50 bits per heavy atom. The normalized spacial score (nSPS) is 15.1. The van der Waals surface area contributed by atoms with Crippen LogP contribution in [0.1, 0.15) is 16.8 Å². The van der Waals surface area contributed by atoms with E-state index in [1.54, 1.807) is 0 Å². The molecule has 5 nitrogen and oxygen atoms in total. The van der Waals surface area contributed by atoms with Crippen molar-refractivity contribution in [3.05, 3.63) is 29.8 Å². The SMILES string of the molecule is CS(=O)(=O)c1ccc(C(=O)CC2=NCCO2)cc1. The molecule has 0 aliphatic carbocycles. The Kier molecular flexibility index (Phi) is 3.47. The van der Waals surface area contributed by atoms with Crippen molar-refractivity contribution in [2.45, 2.75) is 11.3 Å². The number of ether oxygens (including phenoxy) is 1. The predicted molar refractivity (Wildman–Crippen MR) is 66.8 cm³/mol. The molecule has 0 saturated heterocycles. The summed E-state index contributed by atoms with van der Waals surface area (Å²) in [7, 11) is -3.23. The number of rotatable bonds is 4. The summed E-state index contributed by atoms with van der Waals surface area (Å²) >= 11 is 0. The summed E-state index contributed by atoms with van der Waals surface area (Å²) < 4.78 is 27.7. The Morgan fingerprint density at radius 1 is 1.33 bits per heavy atom. The fraction of sp³-hybridized carbons (Fsp3) is 0.333. The van der Waals surface area contributed by atoms with Crippen LogP contribution in [0.4, 0.5) is 0 Å².